The second kappa shape index (κ2) is 5.49. The van der Waals surface area contributed by atoms with Crippen LogP contribution in [0.15, 0.2) is 12.1 Å². The molecule has 98 valence electrons. The third-order valence-corrected chi connectivity index (χ3v) is 4.17. The minimum Gasteiger partial charge on any atom is -0.477 e. The molecule has 0 spiro atoms. The van der Waals surface area contributed by atoms with Crippen LogP contribution in [0.2, 0.25) is 0 Å². The monoisotopic (exact) mass is 268 g/mol. The minimum absolute atomic E-state index is 0.165. The van der Waals surface area contributed by atoms with E-state index in [1.807, 2.05) is 0 Å². The lowest BCUT2D eigenvalue weighted by atomic mass is 10.1. The summed E-state index contributed by atoms with van der Waals surface area (Å²) in [7, 11) is 2.07. The number of rotatable bonds is 3. The normalized spacial score (nSPS) is 17.6. The summed E-state index contributed by atoms with van der Waals surface area (Å²) in [6, 6.07) is 3.23. The molecule has 5 nitrogen and oxygen atoms in total. The van der Waals surface area contributed by atoms with Crippen LogP contribution in [0, 0.1) is 0 Å². The van der Waals surface area contributed by atoms with Crippen LogP contribution < -0.4 is 5.32 Å². The van der Waals surface area contributed by atoms with Gasteiger partial charge in [0.25, 0.3) is 5.91 Å². The predicted octanol–water partition coefficient (Wildman–Crippen LogP) is 1.27. The van der Waals surface area contributed by atoms with Crippen molar-refractivity contribution in [2.75, 3.05) is 20.1 Å². The summed E-state index contributed by atoms with van der Waals surface area (Å²) in [5, 5.41) is 11.8. The largest absolute Gasteiger partial charge is 0.477 e. The van der Waals surface area contributed by atoms with Gasteiger partial charge in [-0.1, -0.05) is 0 Å². The highest BCUT2D eigenvalue weighted by Crippen LogP contribution is 2.17. The van der Waals surface area contributed by atoms with Crippen LogP contribution in [0.3, 0.4) is 0 Å². The number of hydrogen-bond donors (Lipinski definition) is 2. The van der Waals surface area contributed by atoms with Gasteiger partial charge in [0, 0.05) is 6.04 Å². The maximum Gasteiger partial charge on any atom is 0.345 e. The first-order valence-electron chi connectivity index (χ1n) is 5.89. The number of carbonyl (C=O) groups excluding carboxylic acids is 1. The minimum atomic E-state index is -0.988. The van der Waals surface area contributed by atoms with Crippen molar-refractivity contribution in [2.24, 2.45) is 0 Å². The van der Waals surface area contributed by atoms with Crippen molar-refractivity contribution in [3.05, 3.63) is 21.9 Å². The van der Waals surface area contributed by atoms with E-state index in [9.17, 15) is 9.59 Å². The molecule has 1 aromatic rings. The molecular weight excluding hydrogens is 252 g/mol. The van der Waals surface area contributed by atoms with Gasteiger partial charge in [0.05, 0.1) is 4.88 Å². The third kappa shape index (κ3) is 3.08. The Morgan fingerprint density at radius 1 is 1.33 bits per heavy atom. The number of carbonyl (C=O) groups is 2. The standard InChI is InChI=1S/C12H16N2O3S/c1-14-6-4-8(5-7-14)13-11(15)9-2-3-10(18-9)12(16)17/h2-3,8H,4-7H2,1H3,(H,13,15)(H,16,17). The van der Waals surface area contributed by atoms with Gasteiger partial charge in [0.2, 0.25) is 0 Å². The average Bonchev–Trinajstić information content (AvgIpc) is 2.81. The molecule has 0 aromatic carbocycles. The summed E-state index contributed by atoms with van der Waals surface area (Å²) in [4.78, 5) is 25.6. The van der Waals surface area contributed by atoms with Gasteiger partial charge in [-0.25, -0.2) is 4.79 Å². The zero-order chi connectivity index (χ0) is 13.1. The summed E-state index contributed by atoms with van der Waals surface area (Å²) in [6.45, 7) is 1.96. The number of thiophene rings is 1. The number of carboxylic acids is 1. The van der Waals surface area contributed by atoms with Crippen LogP contribution in [0.25, 0.3) is 0 Å². The molecular formula is C12H16N2O3S. The van der Waals surface area contributed by atoms with Gasteiger partial charge < -0.3 is 15.3 Å². The SMILES string of the molecule is CN1CCC(NC(=O)c2ccc(C(=O)O)s2)CC1. The van der Waals surface area contributed by atoms with Crippen LogP contribution in [0.4, 0.5) is 0 Å². The summed E-state index contributed by atoms with van der Waals surface area (Å²) in [6.07, 6.45) is 1.89. The number of piperidine rings is 1. The fraction of sp³-hybridized carbons (Fsp3) is 0.500. The topological polar surface area (TPSA) is 69.6 Å². The number of hydrogen-bond acceptors (Lipinski definition) is 4. The Morgan fingerprint density at radius 3 is 2.50 bits per heavy atom. The highest BCUT2D eigenvalue weighted by molar-refractivity contribution is 7.15. The predicted molar refractivity (Wildman–Crippen MR) is 69.3 cm³/mol. The zero-order valence-corrected chi connectivity index (χ0v) is 11.0. The molecule has 0 unspecified atom stereocenters. The van der Waals surface area contributed by atoms with Gasteiger partial charge in [0.15, 0.2) is 0 Å². The first-order chi connectivity index (χ1) is 8.56. The Bertz CT molecular complexity index is 450. The van der Waals surface area contributed by atoms with Crippen molar-refractivity contribution in [2.45, 2.75) is 18.9 Å². The Hall–Kier alpha value is -1.40. The molecule has 2 N–H and O–H groups in total. The summed E-state index contributed by atoms with van der Waals surface area (Å²) in [5.41, 5.74) is 0. The molecule has 0 saturated carbocycles. The molecule has 0 aliphatic carbocycles. The summed E-state index contributed by atoms with van der Waals surface area (Å²) >= 11 is 1.02. The fourth-order valence-corrected chi connectivity index (χ4v) is 2.73. The first-order valence-corrected chi connectivity index (χ1v) is 6.70. The first kappa shape index (κ1) is 13.0. The number of aromatic carboxylic acids is 1. The number of nitrogens with one attached hydrogen (secondary N) is 1. The number of likely N-dealkylation sites (tertiary alicyclic amines) is 1. The molecule has 0 radical (unpaired) electrons. The van der Waals surface area contributed by atoms with Crippen molar-refractivity contribution in [1.82, 2.24) is 10.2 Å². The lowest BCUT2D eigenvalue weighted by Gasteiger charge is -2.29. The van der Waals surface area contributed by atoms with Crippen LogP contribution in [0.5, 0.6) is 0 Å². The number of amides is 1. The maximum absolute atomic E-state index is 11.9. The Morgan fingerprint density at radius 2 is 1.94 bits per heavy atom. The smallest absolute Gasteiger partial charge is 0.345 e. The molecule has 1 aromatic heterocycles. The van der Waals surface area contributed by atoms with E-state index in [1.54, 1.807) is 6.07 Å². The van der Waals surface area contributed by atoms with Crippen molar-refractivity contribution in [3.8, 4) is 0 Å². The molecule has 0 atom stereocenters. The van der Waals surface area contributed by atoms with Crippen LogP contribution in [-0.2, 0) is 0 Å². The van der Waals surface area contributed by atoms with Crippen molar-refractivity contribution in [1.29, 1.82) is 0 Å². The molecule has 0 bridgehead atoms. The van der Waals surface area contributed by atoms with Crippen molar-refractivity contribution < 1.29 is 14.7 Å². The van der Waals surface area contributed by atoms with Gasteiger partial charge in [0.1, 0.15) is 4.88 Å². The van der Waals surface area contributed by atoms with E-state index in [1.165, 1.54) is 6.07 Å². The van der Waals surface area contributed by atoms with E-state index < -0.39 is 5.97 Å². The Kier molecular flexibility index (Phi) is 3.98. The molecule has 2 rings (SSSR count). The lowest BCUT2D eigenvalue weighted by molar-refractivity contribution is 0.0702. The molecule has 6 heteroatoms. The second-order valence-corrected chi connectivity index (χ2v) is 5.60. The van der Waals surface area contributed by atoms with E-state index in [0.29, 0.717) is 4.88 Å². The van der Waals surface area contributed by atoms with Crippen LogP contribution in [0.1, 0.15) is 32.2 Å². The summed E-state index contributed by atoms with van der Waals surface area (Å²) in [5.74, 6) is -1.15. The second-order valence-electron chi connectivity index (χ2n) is 4.52. The molecule has 1 fully saturated rings. The highest BCUT2D eigenvalue weighted by atomic mass is 32.1. The van der Waals surface area contributed by atoms with E-state index in [4.69, 9.17) is 5.11 Å². The van der Waals surface area contributed by atoms with Gasteiger partial charge in [-0.05, 0) is 45.1 Å². The van der Waals surface area contributed by atoms with E-state index in [2.05, 4.69) is 17.3 Å². The molecule has 1 aliphatic heterocycles. The highest BCUT2D eigenvalue weighted by Gasteiger charge is 2.20. The van der Waals surface area contributed by atoms with Gasteiger partial charge >= 0.3 is 5.97 Å². The fourth-order valence-electron chi connectivity index (χ4n) is 1.98. The van der Waals surface area contributed by atoms with Gasteiger partial charge in [-0.15, -0.1) is 11.3 Å². The van der Waals surface area contributed by atoms with Crippen LogP contribution in [-0.4, -0.2) is 48.1 Å². The van der Waals surface area contributed by atoms with Crippen molar-refractivity contribution >= 4 is 23.2 Å². The number of nitrogens with zero attached hydrogens (tertiary/aromatic N) is 1. The molecule has 1 amide bonds. The van der Waals surface area contributed by atoms with Crippen molar-refractivity contribution in [3.63, 3.8) is 0 Å². The van der Waals surface area contributed by atoms with Gasteiger partial charge in [-0.3, -0.25) is 4.79 Å². The average molecular weight is 268 g/mol. The van der Waals surface area contributed by atoms with Crippen LogP contribution >= 0.6 is 11.3 Å². The van der Waals surface area contributed by atoms with E-state index >= 15 is 0 Å². The summed E-state index contributed by atoms with van der Waals surface area (Å²) < 4.78 is 0. The molecule has 18 heavy (non-hydrogen) atoms. The van der Waals surface area contributed by atoms with Gasteiger partial charge in [-0.2, -0.15) is 0 Å². The Balaban J connectivity index is 1.93. The third-order valence-electron chi connectivity index (χ3n) is 3.09. The Labute approximate surface area is 109 Å². The van der Waals surface area contributed by atoms with E-state index in [-0.39, 0.29) is 16.8 Å². The van der Waals surface area contributed by atoms with E-state index in [0.717, 1.165) is 37.3 Å². The maximum atomic E-state index is 11.9. The molecule has 1 aliphatic rings. The number of carboxylic acid groups (broad SMARTS) is 1. The molecule has 1 saturated heterocycles. The quantitative estimate of drug-likeness (QED) is 0.866. The molecule has 2 heterocycles. The lowest BCUT2D eigenvalue weighted by Crippen LogP contribution is -2.43. The zero-order valence-electron chi connectivity index (χ0n) is 10.2.